The van der Waals surface area contributed by atoms with Crippen molar-refractivity contribution in [3.05, 3.63) is 99.2 Å². The molecule has 0 spiro atoms. The topological polar surface area (TPSA) is 121 Å². The molecule has 6 rings (SSSR count). The van der Waals surface area contributed by atoms with E-state index in [1.165, 1.54) is 17.0 Å². The standard InChI is InChI=1S/C27H19FN2O7/c28-16-4-8-19-18(10-16)25(32)23-24(15-2-5-17(6-3-15)34-12-22(29)31)30(27(33)26(23)37-19)11-14-1-7-20-21(9-14)36-13-35-20/h1-10,24H,11-13H2,(H2,29,31)/t24-/m0/s1. The number of carbonyl (C=O) groups excluding carboxylic acids is 2. The molecule has 1 atom stereocenters. The second-order valence-corrected chi connectivity index (χ2v) is 8.66. The number of ether oxygens (including phenoxy) is 3. The van der Waals surface area contributed by atoms with Gasteiger partial charge in [-0.05, 0) is 53.6 Å². The van der Waals surface area contributed by atoms with Gasteiger partial charge < -0.3 is 29.3 Å². The number of fused-ring (bicyclic) bond motifs is 3. The van der Waals surface area contributed by atoms with E-state index in [2.05, 4.69) is 0 Å². The predicted molar refractivity (Wildman–Crippen MR) is 128 cm³/mol. The van der Waals surface area contributed by atoms with Crippen molar-refractivity contribution in [2.75, 3.05) is 13.4 Å². The fourth-order valence-electron chi connectivity index (χ4n) is 4.64. The number of primary amides is 1. The van der Waals surface area contributed by atoms with Crippen molar-refractivity contribution in [1.82, 2.24) is 4.90 Å². The average Bonchev–Trinajstić information content (AvgIpc) is 3.46. The van der Waals surface area contributed by atoms with Gasteiger partial charge in [0, 0.05) is 6.54 Å². The number of nitrogens with zero attached hydrogens (tertiary/aromatic N) is 1. The highest BCUT2D eigenvalue weighted by molar-refractivity contribution is 5.99. The van der Waals surface area contributed by atoms with Crippen LogP contribution in [-0.2, 0) is 11.3 Å². The number of halogens is 1. The van der Waals surface area contributed by atoms with Gasteiger partial charge in [0.1, 0.15) is 17.1 Å². The molecule has 4 aromatic rings. The van der Waals surface area contributed by atoms with Gasteiger partial charge in [-0.25, -0.2) is 4.39 Å². The number of benzene rings is 3. The van der Waals surface area contributed by atoms with Gasteiger partial charge in [0.05, 0.1) is 17.0 Å². The minimum absolute atomic E-state index is 0.0443. The fraction of sp³-hybridized carbons (Fsp3) is 0.148. The van der Waals surface area contributed by atoms with Gasteiger partial charge in [-0.2, -0.15) is 0 Å². The van der Waals surface area contributed by atoms with Gasteiger partial charge in [-0.3, -0.25) is 14.4 Å². The monoisotopic (exact) mass is 502 g/mol. The van der Waals surface area contributed by atoms with E-state index in [0.717, 1.165) is 11.6 Å². The van der Waals surface area contributed by atoms with Gasteiger partial charge >= 0.3 is 0 Å². The Morgan fingerprint density at radius 1 is 1.03 bits per heavy atom. The maximum Gasteiger partial charge on any atom is 0.291 e. The van der Waals surface area contributed by atoms with Crippen molar-refractivity contribution < 1.29 is 32.6 Å². The predicted octanol–water partition coefficient (Wildman–Crippen LogP) is 3.27. The Labute approximate surface area is 208 Å². The summed E-state index contributed by atoms with van der Waals surface area (Å²) < 4.78 is 36.0. The molecule has 186 valence electrons. The van der Waals surface area contributed by atoms with E-state index >= 15 is 0 Å². The van der Waals surface area contributed by atoms with Crippen molar-refractivity contribution in [2.45, 2.75) is 12.6 Å². The van der Waals surface area contributed by atoms with Crippen LogP contribution in [0, 0.1) is 5.82 Å². The summed E-state index contributed by atoms with van der Waals surface area (Å²) in [6.45, 7) is -0.0445. The summed E-state index contributed by atoms with van der Waals surface area (Å²) in [6.07, 6.45) is 0. The van der Waals surface area contributed by atoms with E-state index in [-0.39, 0.29) is 42.2 Å². The Kier molecular flexibility index (Phi) is 5.29. The quantitative estimate of drug-likeness (QED) is 0.430. The Morgan fingerprint density at radius 3 is 2.59 bits per heavy atom. The first kappa shape index (κ1) is 22.6. The van der Waals surface area contributed by atoms with Crippen LogP contribution < -0.4 is 25.4 Å². The van der Waals surface area contributed by atoms with Crippen LogP contribution in [0.2, 0.25) is 0 Å². The first-order chi connectivity index (χ1) is 17.9. The van der Waals surface area contributed by atoms with Crippen LogP contribution in [0.4, 0.5) is 4.39 Å². The maximum absolute atomic E-state index is 14.0. The summed E-state index contributed by atoms with van der Waals surface area (Å²) in [4.78, 5) is 39.8. The van der Waals surface area contributed by atoms with Gasteiger partial charge in [0.25, 0.3) is 11.8 Å². The molecule has 37 heavy (non-hydrogen) atoms. The van der Waals surface area contributed by atoms with Gasteiger partial charge in [-0.15, -0.1) is 0 Å². The lowest BCUT2D eigenvalue weighted by atomic mass is 9.98. The van der Waals surface area contributed by atoms with E-state index in [9.17, 15) is 18.8 Å². The van der Waals surface area contributed by atoms with Crippen molar-refractivity contribution in [2.24, 2.45) is 5.73 Å². The molecule has 2 amide bonds. The van der Waals surface area contributed by atoms with Crippen LogP contribution in [-0.4, -0.2) is 30.1 Å². The van der Waals surface area contributed by atoms with Crippen molar-refractivity contribution in [3.8, 4) is 17.2 Å². The Bertz CT molecular complexity index is 1630. The lowest BCUT2D eigenvalue weighted by Crippen LogP contribution is -2.29. The summed E-state index contributed by atoms with van der Waals surface area (Å²) in [5.74, 6) is -0.224. The highest BCUT2D eigenvalue weighted by Gasteiger charge is 2.43. The largest absolute Gasteiger partial charge is 0.484 e. The molecule has 0 fully saturated rings. The minimum Gasteiger partial charge on any atom is -0.484 e. The third-order valence-corrected chi connectivity index (χ3v) is 6.29. The first-order valence-electron chi connectivity index (χ1n) is 11.4. The van der Waals surface area contributed by atoms with Crippen LogP contribution >= 0.6 is 0 Å². The molecule has 10 heteroatoms. The fourth-order valence-corrected chi connectivity index (χ4v) is 4.64. The number of hydrogen-bond donors (Lipinski definition) is 1. The zero-order valence-corrected chi connectivity index (χ0v) is 19.2. The summed E-state index contributed by atoms with van der Waals surface area (Å²) in [5.41, 5.74) is 6.24. The van der Waals surface area contributed by atoms with Gasteiger partial charge in [0.2, 0.25) is 12.6 Å². The van der Waals surface area contributed by atoms with E-state index in [4.69, 9.17) is 24.4 Å². The van der Waals surface area contributed by atoms with Crippen LogP contribution in [0.15, 0.2) is 69.9 Å². The van der Waals surface area contributed by atoms with Crippen LogP contribution in [0.25, 0.3) is 11.0 Å². The average molecular weight is 502 g/mol. The highest BCUT2D eigenvalue weighted by Crippen LogP contribution is 2.40. The molecule has 2 N–H and O–H groups in total. The Balaban J connectivity index is 1.46. The molecule has 9 nitrogen and oxygen atoms in total. The normalized spacial score (nSPS) is 15.8. The molecular weight excluding hydrogens is 483 g/mol. The molecule has 0 radical (unpaired) electrons. The Morgan fingerprint density at radius 2 is 1.81 bits per heavy atom. The molecule has 1 aromatic heterocycles. The third kappa shape index (κ3) is 3.92. The zero-order chi connectivity index (χ0) is 25.7. The summed E-state index contributed by atoms with van der Waals surface area (Å²) in [7, 11) is 0. The smallest absolute Gasteiger partial charge is 0.291 e. The highest BCUT2D eigenvalue weighted by atomic mass is 19.1. The lowest BCUT2D eigenvalue weighted by molar-refractivity contribution is -0.119. The number of carbonyl (C=O) groups is 2. The molecule has 0 bridgehead atoms. The van der Waals surface area contributed by atoms with Crippen molar-refractivity contribution in [1.29, 1.82) is 0 Å². The summed E-state index contributed by atoms with van der Waals surface area (Å²) >= 11 is 0. The summed E-state index contributed by atoms with van der Waals surface area (Å²) in [5, 5.41) is 0.0443. The molecule has 3 heterocycles. The molecule has 0 saturated heterocycles. The maximum atomic E-state index is 14.0. The molecule has 0 aliphatic carbocycles. The first-order valence-corrected chi connectivity index (χ1v) is 11.4. The molecule has 3 aromatic carbocycles. The molecular formula is C27H19FN2O7. The van der Waals surface area contributed by atoms with Gasteiger partial charge in [-0.1, -0.05) is 18.2 Å². The van der Waals surface area contributed by atoms with Crippen LogP contribution in [0.3, 0.4) is 0 Å². The second-order valence-electron chi connectivity index (χ2n) is 8.66. The SMILES string of the molecule is NC(=O)COc1ccc([C@H]2c3c(oc4ccc(F)cc4c3=O)C(=O)N2Cc2ccc3c(c2)OCO3)cc1. The number of hydrogen-bond acceptors (Lipinski definition) is 7. The van der Waals surface area contributed by atoms with Crippen LogP contribution in [0.1, 0.15) is 33.3 Å². The van der Waals surface area contributed by atoms with E-state index in [1.54, 1.807) is 36.4 Å². The van der Waals surface area contributed by atoms with E-state index in [1.807, 2.05) is 6.07 Å². The molecule has 0 saturated carbocycles. The molecule has 2 aliphatic rings. The van der Waals surface area contributed by atoms with Crippen LogP contribution in [0.5, 0.6) is 17.2 Å². The lowest BCUT2D eigenvalue weighted by Gasteiger charge is -2.25. The van der Waals surface area contributed by atoms with Crippen molar-refractivity contribution >= 4 is 22.8 Å². The minimum atomic E-state index is -0.818. The number of rotatable bonds is 6. The van der Waals surface area contributed by atoms with Gasteiger partial charge in [0.15, 0.2) is 23.5 Å². The van der Waals surface area contributed by atoms with Crippen molar-refractivity contribution in [3.63, 3.8) is 0 Å². The number of amides is 2. The molecule has 0 unspecified atom stereocenters. The third-order valence-electron chi connectivity index (χ3n) is 6.29. The molecule has 2 aliphatic heterocycles. The number of nitrogens with two attached hydrogens (primary N) is 1. The van der Waals surface area contributed by atoms with E-state index in [0.29, 0.717) is 22.8 Å². The zero-order valence-electron chi connectivity index (χ0n) is 19.2. The second kappa shape index (κ2) is 8.66. The summed E-state index contributed by atoms with van der Waals surface area (Å²) in [6, 6.07) is 14.7. The Hall–Kier alpha value is -4.86. The van der Waals surface area contributed by atoms with E-state index < -0.39 is 29.1 Å².